The lowest BCUT2D eigenvalue weighted by molar-refractivity contribution is 0.480. The molecule has 2 aromatic rings. The van der Waals surface area contributed by atoms with E-state index in [-0.39, 0.29) is 11.6 Å². The third-order valence-corrected chi connectivity index (χ3v) is 2.36. The number of phenols is 1. The van der Waals surface area contributed by atoms with Gasteiger partial charge in [0.1, 0.15) is 17.1 Å². The van der Waals surface area contributed by atoms with Gasteiger partial charge in [0.25, 0.3) is 0 Å². The minimum atomic E-state index is -0.0262. The zero-order valence-corrected chi connectivity index (χ0v) is 8.47. The van der Waals surface area contributed by atoms with Gasteiger partial charge in [-0.25, -0.2) is 4.98 Å². The van der Waals surface area contributed by atoms with E-state index < -0.39 is 0 Å². The molecule has 0 aliphatic heterocycles. The van der Waals surface area contributed by atoms with Gasteiger partial charge in [0.05, 0.1) is 5.02 Å². The van der Waals surface area contributed by atoms with Crippen LogP contribution in [-0.4, -0.2) is 10.1 Å². The number of phenolic OH excluding ortho intramolecular Hbond substituents is 1. The van der Waals surface area contributed by atoms with Crippen molar-refractivity contribution in [3.63, 3.8) is 0 Å². The lowest BCUT2D eigenvalue weighted by Crippen LogP contribution is -1.91. The van der Waals surface area contributed by atoms with Gasteiger partial charge in [-0.3, -0.25) is 0 Å². The van der Waals surface area contributed by atoms with E-state index in [1.54, 1.807) is 6.07 Å². The largest absolute Gasteiger partial charge is 0.506 e. The average Bonchev–Trinajstić information content (AvgIpc) is 2.07. The summed E-state index contributed by atoms with van der Waals surface area (Å²) in [7, 11) is 0. The molecule has 3 nitrogen and oxygen atoms in total. The molecule has 0 atom stereocenters. The molecule has 0 saturated carbocycles. The summed E-state index contributed by atoms with van der Waals surface area (Å²) >= 11 is 11.7. The van der Waals surface area contributed by atoms with Crippen molar-refractivity contribution < 1.29 is 5.11 Å². The van der Waals surface area contributed by atoms with Crippen LogP contribution in [0.1, 0.15) is 0 Å². The monoisotopic (exact) mass is 228 g/mol. The number of hydrogen-bond donors (Lipinski definition) is 2. The van der Waals surface area contributed by atoms with E-state index in [4.69, 9.17) is 28.9 Å². The number of benzene rings is 1. The van der Waals surface area contributed by atoms with Gasteiger partial charge >= 0.3 is 0 Å². The lowest BCUT2D eigenvalue weighted by Gasteiger charge is -2.04. The van der Waals surface area contributed by atoms with E-state index in [1.807, 2.05) is 0 Å². The molecule has 1 aromatic heterocycles. The van der Waals surface area contributed by atoms with Gasteiger partial charge in [0.2, 0.25) is 0 Å². The summed E-state index contributed by atoms with van der Waals surface area (Å²) in [6.07, 6.45) is 0. The summed E-state index contributed by atoms with van der Waals surface area (Å²) < 4.78 is 0. The molecule has 0 spiro atoms. The standard InChI is InChI=1S/C9H6Cl2N2O/c10-4-1-5-6(11)3-8(12)13-9(5)7(14)2-4/h1-3,14H,(H2,12,13). The highest BCUT2D eigenvalue weighted by Gasteiger charge is 2.07. The van der Waals surface area contributed by atoms with Crippen LogP contribution in [0.2, 0.25) is 10.0 Å². The van der Waals surface area contributed by atoms with Gasteiger partial charge in [-0.1, -0.05) is 23.2 Å². The number of nitrogens with zero attached hydrogens (tertiary/aromatic N) is 1. The molecule has 0 amide bonds. The Morgan fingerprint density at radius 1 is 1.21 bits per heavy atom. The minimum absolute atomic E-state index is 0.0262. The molecule has 0 aliphatic carbocycles. The van der Waals surface area contributed by atoms with Crippen molar-refractivity contribution in [2.24, 2.45) is 0 Å². The van der Waals surface area contributed by atoms with Crippen LogP contribution in [0.15, 0.2) is 18.2 Å². The van der Waals surface area contributed by atoms with E-state index in [0.29, 0.717) is 20.9 Å². The predicted octanol–water partition coefficient (Wildman–Crippen LogP) is 2.83. The van der Waals surface area contributed by atoms with E-state index in [1.165, 1.54) is 12.1 Å². The first-order valence-corrected chi connectivity index (χ1v) is 4.58. The molecule has 0 unspecified atom stereocenters. The third-order valence-electron chi connectivity index (χ3n) is 1.83. The lowest BCUT2D eigenvalue weighted by atomic mass is 10.2. The van der Waals surface area contributed by atoms with Gasteiger partial charge in [-0.05, 0) is 12.1 Å². The minimum Gasteiger partial charge on any atom is -0.506 e. The number of fused-ring (bicyclic) bond motifs is 1. The molecule has 1 aromatic carbocycles. The molecule has 0 radical (unpaired) electrons. The fourth-order valence-corrected chi connectivity index (χ4v) is 1.72. The Hall–Kier alpha value is -1.19. The van der Waals surface area contributed by atoms with Crippen molar-refractivity contribution in [2.45, 2.75) is 0 Å². The van der Waals surface area contributed by atoms with Gasteiger partial charge in [0, 0.05) is 16.5 Å². The van der Waals surface area contributed by atoms with Crippen molar-refractivity contribution in [3.8, 4) is 5.75 Å². The summed E-state index contributed by atoms with van der Waals surface area (Å²) in [5, 5.41) is 11.0. The molecule has 5 heteroatoms. The molecule has 14 heavy (non-hydrogen) atoms. The maximum Gasteiger partial charge on any atom is 0.143 e. The SMILES string of the molecule is Nc1cc(Cl)c2cc(Cl)cc(O)c2n1. The van der Waals surface area contributed by atoms with Gasteiger partial charge in [-0.2, -0.15) is 0 Å². The summed E-state index contributed by atoms with van der Waals surface area (Å²) in [5.41, 5.74) is 5.85. The van der Waals surface area contributed by atoms with E-state index >= 15 is 0 Å². The van der Waals surface area contributed by atoms with Crippen LogP contribution < -0.4 is 5.73 Å². The van der Waals surface area contributed by atoms with Crippen LogP contribution in [0.4, 0.5) is 5.82 Å². The number of aromatic nitrogens is 1. The Bertz CT molecular complexity index is 466. The van der Waals surface area contributed by atoms with Crippen molar-refractivity contribution in [1.29, 1.82) is 0 Å². The van der Waals surface area contributed by atoms with E-state index in [9.17, 15) is 5.11 Å². The number of halogens is 2. The molecule has 0 saturated heterocycles. The second-order valence-electron chi connectivity index (χ2n) is 2.85. The smallest absolute Gasteiger partial charge is 0.143 e. The maximum atomic E-state index is 9.54. The van der Waals surface area contributed by atoms with Gasteiger partial charge < -0.3 is 10.8 Å². The van der Waals surface area contributed by atoms with Crippen LogP contribution in [0.25, 0.3) is 10.9 Å². The molecule has 2 rings (SSSR count). The van der Waals surface area contributed by atoms with Crippen molar-refractivity contribution in [2.75, 3.05) is 5.73 Å². The van der Waals surface area contributed by atoms with E-state index in [2.05, 4.69) is 4.98 Å². The second kappa shape index (κ2) is 3.19. The van der Waals surface area contributed by atoms with Gasteiger partial charge in [-0.15, -0.1) is 0 Å². The quantitative estimate of drug-likeness (QED) is 0.730. The highest BCUT2D eigenvalue weighted by molar-refractivity contribution is 6.37. The summed E-state index contributed by atoms with van der Waals surface area (Å²) in [4.78, 5) is 3.96. The molecule has 1 heterocycles. The zero-order chi connectivity index (χ0) is 10.3. The van der Waals surface area contributed by atoms with Crippen LogP contribution in [-0.2, 0) is 0 Å². The fraction of sp³-hybridized carbons (Fsp3) is 0. The molecule has 0 aliphatic rings. The predicted molar refractivity (Wildman–Crippen MR) is 57.8 cm³/mol. The van der Waals surface area contributed by atoms with Crippen molar-refractivity contribution in [3.05, 3.63) is 28.2 Å². The highest BCUT2D eigenvalue weighted by Crippen LogP contribution is 2.32. The fourth-order valence-electron chi connectivity index (χ4n) is 1.25. The first-order valence-electron chi connectivity index (χ1n) is 3.82. The Kier molecular flexibility index (Phi) is 2.13. The molecular formula is C9H6Cl2N2O. The third kappa shape index (κ3) is 1.45. The van der Waals surface area contributed by atoms with Crippen LogP contribution in [0, 0.1) is 0 Å². The number of nitrogen functional groups attached to an aromatic ring is 1. The first-order chi connectivity index (χ1) is 6.58. The van der Waals surface area contributed by atoms with E-state index in [0.717, 1.165) is 0 Å². The second-order valence-corrected chi connectivity index (χ2v) is 3.69. The molecular weight excluding hydrogens is 223 g/mol. The van der Waals surface area contributed by atoms with Gasteiger partial charge in [0.15, 0.2) is 0 Å². The average molecular weight is 229 g/mol. The normalized spacial score (nSPS) is 10.7. The zero-order valence-electron chi connectivity index (χ0n) is 6.96. The van der Waals surface area contributed by atoms with Crippen LogP contribution in [0.5, 0.6) is 5.75 Å². The Labute approximate surface area is 90.1 Å². The molecule has 3 N–H and O–H groups in total. The number of anilines is 1. The summed E-state index contributed by atoms with van der Waals surface area (Å²) in [5.74, 6) is 0.238. The first kappa shape index (κ1) is 9.37. The number of nitrogens with two attached hydrogens (primary N) is 1. The topological polar surface area (TPSA) is 59.1 Å². The molecule has 0 fully saturated rings. The Morgan fingerprint density at radius 2 is 1.93 bits per heavy atom. The number of rotatable bonds is 0. The number of aromatic hydroxyl groups is 1. The Balaban J connectivity index is 2.94. The summed E-state index contributed by atoms with van der Waals surface area (Å²) in [6, 6.07) is 4.54. The maximum absolute atomic E-state index is 9.54. The Morgan fingerprint density at radius 3 is 2.64 bits per heavy atom. The number of pyridine rings is 1. The summed E-state index contributed by atoms with van der Waals surface area (Å²) in [6.45, 7) is 0. The molecule has 72 valence electrons. The van der Waals surface area contributed by atoms with Crippen LogP contribution in [0.3, 0.4) is 0 Å². The van der Waals surface area contributed by atoms with Crippen molar-refractivity contribution >= 4 is 39.9 Å². The highest BCUT2D eigenvalue weighted by atomic mass is 35.5. The molecule has 0 bridgehead atoms. The van der Waals surface area contributed by atoms with Crippen molar-refractivity contribution in [1.82, 2.24) is 4.98 Å². The number of hydrogen-bond acceptors (Lipinski definition) is 3. The van der Waals surface area contributed by atoms with Crippen LogP contribution >= 0.6 is 23.2 Å².